The number of halogens is 1. The molecule has 90 valence electrons. The minimum atomic E-state index is -0.198. The maximum Gasteiger partial charge on any atom is 0.123 e. The summed E-state index contributed by atoms with van der Waals surface area (Å²) in [6.07, 6.45) is 0. The first-order valence-corrected chi connectivity index (χ1v) is 5.71. The molecule has 0 saturated carbocycles. The van der Waals surface area contributed by atoms with Crippen LogP contribution in [0.4, 0.5) is 10.1 Å². The molecule has 1 rings (SSSR count). The molecule has 3 heteroatoms. The monoisotopic (exact) mass is 224 g/mol. The summed E-state index contributed by atoms with van der Waals surface area (Å²) in [5, 5.41) is 0. The van der Waals surface area contributed by atoms with Gasteiger partial charge >= 0.3 is 0 Å². The van der Waals surface area contributed by atoms with Gasteiger partial charge in [0, 0.05) is 19.3 Å². The van der Waals surface area contributed by atoms with Crippen molar-refractivity contribution in [3.8, 4) is 0 Å². The van der Waals surface area contributed by atoms with Gasteiger partial charge in [0.2, 0.25) is 0 Å². The molecule has 0 spiro atoms. The van der Waals surface area contributed by atoms with Crippen LogP contribution >= 0.6 is 0 Å². The Morgan fingerprint density at radius 1 is 1.25 bits per heavy atom. The molecule has 0 aliphatic rings. The first-order chi connectivity index (χ1) is 7.54. The average Bonchev–Trinajstić information content (AvgIpc) is 2.26. The molecule has 0 amide bonds. The molecule has 16 heavy (non-hydrogen) atoms. The van der Waals surface area contributed by atoms with E-state index >= 15 is 0 Å². The molecule has 2 nitrogen and oxygen atoms in total. The van der Waals surface area contributed by atoms with Gasteiger partial charge in [-0.1, -0.05) is 13.8 Å². The highest BCUT2D eigenvalue weighted by Crippen LogP contribution is 2.17. The summed E-state index contributed by atoms with van der Waals surface area (Å²) in [7, 11) is 2.01. The van der Waals surface area contributed by atoms with Crippen molar-refractivity contribution in [2.24, 2.45) is 17.6 Å². The second kappa shape index (κ2) is 5.85. The zero-order valence-corrected chi connectivity index (χ0v) is 10.3. The number of benzene rings is 1. The van der Waals surface area contributed by atoms with E-state index in [-0.39, 0.29) is 5.82 Å². The Bertz CT molecular complexity index is 308. The van der Waals surface area contributed by atoms with Crippen molar-refractivity contribution < 1.29 is 4.39 Å². The molecular weight excluding hydrogens is 203 g/mol. The highest BCUT2D eigenvalue weighted by molar-refractivity contribution is 5.45. The summed E-state index contributed by atoms with van der Waals surface area (Å²) in [5.74, 6) is 0.833. The van der Waals surface area contributed by atoms with Crippen molar-refractivity contribution in [2.75, 3.05) is 25.0 Å². The Morgan fingerprint density at radius 2 is 1.81 bits per heavy atom. The lowest BCUT2D eigenvalue weighted by molar-refractivity contribution is 0.398. The quantitative estimate of drug-likeness (QED) is 0.832. The van der Waals surface area contributed by atoms with Crippen LogP contribution in [-0.4, -0.2) is 20.1 Å². The summed E-state index contributed by atoms with van der Waals surface area (Å²) in [6.45, 7) is 5.94. The number of nitrogens with zero attached hydrogens (tertiary/aromatic N) is 1. The van der Waals surface area contributed by atoms with Crippen LogP contribution in [0.15, 0.2) is 24.3 Å². The normalized spacial score (nSPS) is 12.9. The van der Waals surface area contributed by atoms with Gasteiger partial charge in [-0.2, -0.15) is 0 Å². The van der Waals surface area contributed by atoms with Gasteiger partial charge in [-0.3, -0.25) is 0 Å². The first-order valence-electron chi connectivity index (χ1n) is 5.71. The minimum Gasteiger partial charge on any atom is -0.374 e. The molecular formula is C13H21FN2. The predicted octanol–water partition coefficient (Wildman–Crippen LogP) is 2.49. The van der Waals surface area contributed by atoms with E-state index in [2.05, 4.69) is 18.7 Å². The standard InChI is InChI=1S/C13H21FN2/c1-10(2)11(8-15)9-16(3)13-6-4-12(14)5-7-13/h4-7,10-11H,8-9,15H2,1-3H3. The van der Waals surface area contributed by atoms with E-state index in [0.29, 0.717) is 18.4 Å². The van der Waals surface area contributed by atoms with E-state index in [1.165, 1.54) is 12.1 Å². The fraction of sp³-hybridized carbons (Fsp3) is 0.538. The summed E-state index contributed by atoms with van der Waals surface area (Å²) in [4.78, 5) is 2.12. The number of nitrogens with two attached hydrogens (primary N) is 1. The van der Waals surface area contributed by atoms with E-state index in [0.717, 1.165) is 12.2 Å². The maximum absolute atomic E-state index is 12.8. The predicted molar refractivity (Wildman–Crippen MR) is 67.1 cm³/mol. The molecule has 0 aliphatic carbocycles. The lowest BCUT2D eigenvalue weighted by Crippen LogP contribution is -2.33. The molecule has 0 bridgehead atoms. The largest absolute Gasteiger partial charge is 0.374 e. The SMILES string of the molecule is CC(C)C(CN)CN(C)c1ccc(F)cc1. The van der Waals surface area contributed by atoms with Gasteiger partial charge in [-0.15, -0.1) is 0 Å². The highest BCUT2D eigenvalue weighted by atomic mass is 19.1. The molecule has 0 heterocycles. The Hall–Kier alpha value is -1.09. The Kier molecular flexibility index (Phi) is 4.74. The van der Waals surface area contributed by atoms with Crippen LogP contribution in [0.5, 0.6) is 0 Å². The average molecular weight is 224 g/mol. The highest BCUT2D eigenvalue weighted by Gasteiger charge is 2.14. The fourth-order valence-corrected chi connectivity index (χ4v) is 1.71. The third-order valence-electron chi connectivity index (χ3n) is 3.02. The zero-order chi connectivity index (χ0) is 12.1. The van der Waals surface area contributed by atoms with E-state index in [1.54, 1.807) is 12.1 Å². The van der Waals surface area contributed by atoms with Crippen LogP contribution in [0.2, 0.25) is 0 Å². The van der Waals surface area contributed by atoms with Crippen LogP contribution < -0.4 is 10.6 Å². The van der Waals surface area contributed by atoms with Gasteiger partial charge in [-0.25, -0.2) is 4.39 Å². The molecule has 1 aromatic carbocycles. The van der Waals surface area contributed by atoms with Gasteiger partial charge in [-0.05, 0) is 42.6 Å². The number of hydrogen-bond acceptors (Lipinski definition) is 2. The summed E-state index contributed by atoms with van der Waals surface area (Å²) in [6, 6.07) is 6.56. The molecule has 2 N–H and O–H groups in total. The van der Waals surface area contributed by atoms with Crippen molar-refractivity contribution >= 4 is 5.69 Å². The van der Waals surface area contributed by atoms with E-state index in [9.17, 15) is 4.39 Å². The lowest BCUT2D eigenvalue weighted by atomic mass is 9.95. The second-order valence-electron chi connectivity index (χ2n) is 4.60. The van der Waals surface area contributed by atoms with Gasteiger partial charge in [0.15, 0.2) is 0 Å². The fourth-order valence-electron chi connectivity index (χ4n) is 1.71. The van der Waals surface area contributed by atoms with Crippen molar-refractivity contribution in [1.29, 1.82) is 0 Å². The molecule has 0 aliphatic heterocycles. The second-order valence-corrected chi connectivity index (χ2v) is 4.60. The minimum absolute atomic E-state index is 0.198. The van der Waals surface area contributed by atoms with Crippen LogP contribution in [0, 0.1) is 17.7 Å². The smallest absolute Gasteiger partial charge is 0.123 e. The van der Waals surface area contributed by atoms with Crippen LogP contribution in [-0.2, 0) is 0 Å². The van der Waals surface area contributed by atoms with Gasteiger partial charge in [0.25, 0.3) is 0 Å². The van der Waals surface area contributed by atoms with Gasteiger partial charge < -0.3 is 10.6 Å². The summed E-state index contributed by atoms with van der Waals surface area (Å²) < 4.78 is 12.8. The summed E-state index contributed by atoms with van der Waals surface area (Å²) >= 11 is 0. The maximum atomic E-state index is 12.8. The van der Waals surface area contributed by atoms with Crippen molar-refractivity contribution in [3.63, 3.8) is 0 Å². The van der Waals surface area contributed by atoms with Crippen molar-refractivity contribution in [1.82, 2.24) is 0 Å². The van der Waals surface area contributed by atoms with Crippen LogP contribution in [0.25, 0.3) is 0 Å². The third kappa shape index (κ3) is 3.49. The Labute approximate surface area is 97.3 Å². The van der Waals surface area contributed by atoms with E-state index in [4.69, 9.17) is 5.73 Å². The molecule has 1 atom stereocenters. The molecule has 0 aromatic heterocycles. The Balaban J connectivity index is 2.64. The van der Waals surface area contributed by atoms with E-state index < -0.39 is 0 Å². The number of rotatable bonds is 5. The molecule has 1 unspecified atom stereocenters. The molecule has 0 saturated heterocycles. The summed E-state index contributed by atoms with van der Waals surface area (Å²) in [5.41, 5.74) is 6.77. The van der Waals surface area contributed by atoms with Crippen LogP contribution in [0.3, 0.4) is 0 Å². The van der Waals surface area contributed by atoms with Crippen LogP contribution in [0.1, 0.15) is 13.8 Å². The molecule has 1 aromatic rings. The first kappa shape index (κ1) is 13.0. The van der Waals surface area contributed by atoms with Crippen molar-refractivity contribution in [3.05, 3.63) is 30.1 Å². The number of hydrogen-bond donors (Lipinski definition) is 1. The van der Waals surface area contributed by atoms with Gasteiger partial charge in [0.1, 0.15) is 5.82 Å². The Morgan fingerprint density at radius 3 is 2.25 bits per heavy atom. The lowest BCUT2D eigenvalue weighted by Gasteiger charge is -2.27. The van der Waals surface area contributed by atoms with E-state index in [1.807, 2.05) is 7.05 Å². The molecule has 0 radical (unpaired) electrons. The van der Waals surface area contributed by atoms with Crippen molar-refractivity contribution in [2.45, 2.75) is 13.8 Å². The van der Waals surface area contributed by atoms with Gasteiger partial charge in [0.05, 0.1) is 0 Å². The number of anilines is 1. The molecule has 0 fully saturated rings. The topological polar surface area (TPSA) is 29.3 Å². The third-order valence-corrected chi connectivity index (χ3v) is 3.02. The zero-order valence-electron chi connectivity index (χ0n) is 10.3.